The molecule has 2 atom stereocenters. The standard InChI is InChI=1S/C30H26ClF4N3O2/c31-24-11-6-12-25(32)27(24)29(40)38-17-20-15-37(16-21(20)18-38)14-13-26(19-7-2-1-3-8-19)36-28(39)22-9-4-5-10-23(22)30(33,34)35/h1-12,17,21,26H,13-16,18H2,(H,36,39)/t21?,26-/m0/s1. The summed E-state index contributed by atoms with van der Waals surface area (Å²) in [6, 6.07) is 17.5. The number of benzene rings is 3. The molecule has 2 heterocycles. The van der Waals surface area contributed by atoms with Gasteiger partial charge >= 0.3 is 6.18 Å². The second kappa shape index (κ2) is 11.4. The molecule has 3 aromatic carbocycles. The Labute approximate surface area is 234 Å². The number of alkyl halides is 3. The van der Waals surface area contributed by atoms with Crippen molar-refractivity contribution >= 4 is 23.4 Å². The Kier molecular flexibility index (Phi) is 7.96. The van der Waals surface area contributed by atoms with Crippen molar-refractivity contribution in [3.63, 3.8) is 0 Å². The number of carbonyl (C=O) groups excluding carboxylic acids is 2. The average molecular weight is 572 g/mol. The van der Waals surface area contributed by atoms with Gasteiger partial charge in [0.1, 0.15) is 5.82 Å². The first-order chi connectivity index (χ1) is 19.1. The largest absolute Gasteiger partial charge is 0.417 e. The van der Waals surface area contributed by atoms with Crippen LogP contribution < -0.4 is 5.32 Å². The smallest absolute Gasteiger partial charge is 0.345 e. The van der Waals surface area contributed by atoms with Gasteiger partial charge in [-0.25, -0.2) is 4.39 Å². The number of halogens is 5. The van der Waals surface area contributed by atoms with E-state index in [9.17, 15) is 27.2 Å². The van der Waals surface area contributed by atoms with Crippen LogP contribution in [-0.2, 0) is 6.18 Å². The van der Waals surface area contributed by atoms with Gasteiger partial charge in [0, 0.05) is 38.3 Å². The number of nitrogens with one attached hydrogen (secondary N) is 1. The Hall–Kier alpha value is -3.69. The molecule has 1 saturated heterocycles. The summed E-state index contributed by atoms with van der Waals surface area (Å²) >= 11 is 6.07. The second-order valence-electron chi connectivity index (χ2n) is 9.96. The van der Waals surface area contributed by atoms with Gasteiger partial charge < -0.3 is 10.2 Å². The first-order valence-corrected chi connectivity index (χ1v) is 13.2. The van der Waals surface area contributed by atoms with Crippen LogP contribution >= 0.6 is 11.6 Å². The molecule has 208 valence electrons. The molecule has 3 aromatic rings. The van der Waals surface area contributed by atoms with E-state index in [-0.39, 0.29) is 16.5 Å². The van der Waals surface area contributed by atoms with E-state index >= 15 is 0 Å². The topological polar surface area (TPSA) is 52.7 Å². The highest BCUT2D eigenvalue weighted by Gasteiger charge is 2.37. The maximum Gasteiger partial charge on any atom is 0.417 e. The average Bonchev–Trinajstić information content (AvgIpc) is 3.50. The fourth-order valence-corrected chi connectivity index (χ4v) is 5.58. The highest BCUT2D eigenvalue weighted by atomic mass is 35.5. The Balaban J connectivity index is 1.26. The molecule has 1 N–H and O–H groups in total. The summed E-state index contributed by atoms with van der Waals surface area (Å²) in [4.78, 5) is 29.6. The molecule has 40 heavy (non-hydrogen) atoms. The Morgan fingerprint density at radius 1 is 0.975 bits per heavy atom. The Morgan fingerprint density at radius 2 is 1.70 bits per heavy atom. The lowest BCUT2D eigenvalue weighted by molar-refractivity contribution is -0.137. The third-order valence-corrected chi connectivity index (χ3v) is 7.62. The first-order valence-electron chi connectivity index (χ1n) is 12.8. The fraction of sp³-hybridized carbons (Fsp3) is 0.267. The minimum atomic E-state index is -4.65. The Bertz CT molecular complexity index is 1420. The van der Waals surface area contributed by atoms with E-state index in [1.54, 1.807) is 6.20 Å². The molecule has 0 saturated carbocycles. The van der Waals surface area contributed by atoms with Crippen LogP contribution in [0.1, 0.15) is 44.3 Å². The van der Waals surface area contributed by atoms with Crippen molar-refractivity contribution < 1.29 is 27.2 Å². The highest BCUT2D eigenvalue weighted by Crippen LogP contribution is 2.34. The molecule has 0 bridgehead atoms. The van der Waals surface area contributed by atoms with Gasteiger partial charge in [-0.1, -0.05) is 60.1 Å². The van der Waals surface area contributed by atoms with Crippen LogP contribution in [-0.4, -0.2) is 47.8 Å². The van der Waals surface area contributed by atoms with Gasteiger partial charge in [-0.2, -0.15) is 13.2 Å². The van der Waals surface area contributed by atoms with Gasteiger partial charge in [-0.05, 0) is 41.8 Å². The third kappa shape index (κ3) is 5.90. The molecule has 5 rings (SSSR count). The Morgan fingerprint density at radius 3 is 2.40 bits per heavy atom. The van der Waals surface area contributed by atoms with Gasteiger partial charge in [0.15, 0.2) is 0 Å². The van der Waals surface area contributed by atoms with E-state index in [1.165, 1.54) is 41.3 Å². The van der Waals surface area contributed by atoms with Crippen molar-refractivity contribution in [3.05, 3.63) is 118 Å². The lowest BCUT2D eigenvalue weighted by Gasteiger charge is -2.24. The number of amides is 2. The van der Waals surface area contributed by atoms with E-state index in [1.807, 2.05) is 30.3 Å². The predicted molar refractivity (Wildman–Crippen MR) is 143 cm³/mol. The van der Waals surface area contributed by atoms with Crippen LogP contribution in [0.2, 0.25) is 5.02 Å². The van der Waals surface area contributed by atoms with Crippen molar-refractivity contribution in [1.29, 1.82) is 0 Å². The molecule has 0 aliphatic carbocycles. The highest BCUT2D eigenvalue weighted by molar-refractivity contribution is 6.33. The van der Waals surface area contributed by atoms with Gasteiger partial charge in [-0.15, -0.1) is 0 Å². The molecule has 0 aromatic heterocycles. The molecule has 5 nitrogen and oxygen atoms in total. The number of carbonyl (C=O) groups is 2. The molecule has 2 aliphatic heterocycles. The zero-order valence-corrected chi connectivity index (χ0v) is 22.1. The van der Waals surface area contributed by atoms with E-state index in [0.29, 0.717) is 32.6 Å². The van der Waals surface area contributed by atoms with Crippen molar-refractivity contribution in [1.82, 2.24) is 15.1 Å². The van der Waals surface area contributed by atoms with E-state index < -0.39 is 41.0 Å². The minimum Gasteiger partial charge on any atom is -0.345 e. The van der Waals surface area contributed by atoms with Crippen molar-refractivity contribution in [3.8, 4) is 0 Å². The summed E-state index contributed by atoms with van der Waals surface area (Å²) in [6.07, 6.45) is -2.43. The second-order valence-corrected chi connectivity index (χ2v) is 10.4. The number of hydrogen-bond donors (Lipinski definition) is 1. The van der Waals surface area contributed by atoms with Gasteiger partial charge in [-0.3, -0.25) is 14.5 Å². The van der Waals surface area contributed by atoms with Crippen molar-refractivity contribution in [2.75, 3.05) is 26.2 Å². The molecule has 2 aliphatic rings. The first kappa shape index (κ1) is 27.9. The van der Waals surface area contributed by atoms with E-state index in [4.69, 9.17) is 11.6 Å². The van der Waals surface area contributed by atoms with Gasteiger partial charge in [0.25, 0.3) is 11.8 Å². The normalized spacial score (nSPS) is 17.9. The summed E-state index contributed by atoms with van der Waals surface area (Å²) < 4.78 is 54.8. The van der Waals surface area contributed by atoms with Gasteiger partial charge in [0.05, 0.1) is 27.8 Å². The predicted octanol–water partition coefficient (Wildman–Crippen LogP) is 6.33. The van der Waals surface area contributed by atoms with Crippen LogP contribution in [0.25, 0.3) is 0 Å². The third-order valence-electron chi connectivity index (χ3n) is 7.30. The molecule has 1 fully saturated rings. The number of nitrogens with zero attached hydrogens (tertiary/aromatic N) is 2. The number of likely N-dealkylation sites (tertiary alicyclic amines) is 1. The number of rotatable bonds is 7. The van der Waals surface area contributed by atoms with E-state index in [2.05, 4.69) is 10.2 Å². The van der Waals surface area contributed by atoms with Crippen molar-refractivity contribution in [2.24, 2.45) is 5.92 Å². The summed E-state index contributed by atoms with van der Waals surface area (Å²) in [6.45, 7) is 2.23. The monoisotopic (exact) mass is 571 g/mol. The lowest BCUT2D eigenvalue weighted by atomic mass is 10.0. The van der Waals surface area contributed by atoms with Crippen LogP contribution in [0.4, 0.5) is 17.6 Å². The van der Waals surface area contributed by atoms with E-state index in [0.717, 1.165) is 17.2 Å². The van der Waals surface area contributed by atoms with Crippen LogP contribution in [0.5, 0.6) is 0 Å². The molecular formula is C30H26ClF4N3O2. The van der Waals surface area contributed by atoms with Crippen molar-refractivity contribution in [2.45, 2.75) is 18.6 Å². The number of fused-ring (bicyclic) bond motifs is 1. The zero-order chi connectivity index (χ0) is 28.4. The molecular weight excluding hydrogens is 546 g/mol. The summed E-state index contributed by atoms with van der Waals surface area (Å²) in [5.41, 5.74) is 0.287. The molecule has 10 heteroatoms. The van der Waals surface area contributed by atoms with Crippen LogP contribution in [0.3, 0.4) is 0 Å². The maximum absolute atomic E-state index is 14.3. The summed E-state index contributed by atoms with van der Waals surface area (Å²) in [7, 11) is 0. The SMILES string of the molecule is O=C(N[C@@H](CCN1CC2=CN(C(=O)c3c(F)cccc3Cl)CC2C1)c1ccccc1)c1ccccc1C(F)(F)F. The fourth-order valence-electron chi connectivity index (χ4n) is 5.33. The molecule has 2 amide bonds. The molecule has 0 spiro atoms. The lowest BCUT2D eigenvalue weighted by Crippen LogP contribution is -2.34. The van der Waals surface area contributed by atoms with Crippen LogP contribution in [0, 0.1) is 11.7 Å². The van der Waals surface area contributed by atoms with Gasteiger partial charge in [0.2, 0.25) is 0 Å². The minimum absolute atomic E-state index is 0.0638. The number of hydrogen-bond acceptors (Lipinski definition) is 3. The summed E-state index contributed by atoms with van der Waals surface area (Å²) in [5, 5.41) is 2.87. The molecule has 1 unspecified atom stereocenters. The molecule has 0 radical (unpaired) electrons. The van der Waals surface area contributed by atoms with Crippen LogP contribution in [0.15, 0.2) is 84.6 Å². The quantitative estimate of drug-likeness (QED) is 0.337. The summed E-state index contributed by atoms with van der Waals surface area (Å²) in [5.74, 6) is -1.86. The zero-order valence-electron chi connectivity index (χ0n) is 21.3. The maximum atomic E-state index is 14.3.